The van der Waals surface area contributed by atoms with Crippen LogP contribution in [0.15, 0.2) is 9.72 Å². The van der Waals surface area contributed by atoms with Crippen molar-refractivity contribution in [2.24, 2.45) is 5.92 Å². The van der Waals surface area contributed by atoms with Gasteiger partial charge < -0.3 is 5.11 Å². The van der Waals surface area contributed by atoms with Crippen molar-refractivity contribution in [1.82, 2.24) is 9.29 Å². The topological polar surface area (TPSA) is 87.6 Å². The van der Waals surface area contributed by atoms with E-state index in [0.29, 0.717) is 5.92 Å². The normalized spacial score (nSPS) is 23.4. The number of hydrogen-bond donors (Lipinski definition) is 1. The number of thiazole rings is 1. The maximum Gasteiger partial charge on any atom is 0.356 e. The number of rotatable bonds is 5. The van der Waals surface area contributed by atoms with E-state index in [1.165, 1.54) is 16.9 Å². The van der Waals surface area contributed by atoms with Gasteiger partial charge in [-0.3, -0.25) is 0 Å². The van der Waals surface area contributed by atoms with Crippen LogP contribution in [0.2, 0.25) is 0 Å². The first kappa shape index (κ1) is 16.4. The molecule has 1 heterocycles. The molecule has 1 aliphatic rings. The van der Waals surface area contributed by atoms with Crippen molar-refractivity contribution in [3.8, 4) is 0 Å². The van der Waals surface area contributed by atoms with Gasteiger partial charge in [-0.1, -0.05) is 13.3 Å². The van der Waals surface area contributed by atoms with E-state index in [4.69, 9.17) is 5.11 Å². The number of hydrogen-bond acceptors (Lipinski definition) is 5. The number of carboxylic acid groups (broad SMARTS) is 1. The Morgan fingerprint density at radius 3 is 2.57 bits per heavy atom. The van der Waals surface area contributed by atoms with Gasteiger partial charge in [0.1, 0.15) is 0 Å². The Balaban J connectivity index is 2.19. The van der Waals surface area contributed by atoms with E-state index in [9.17, 15) is 13.2 Å². The highest BCUT2D eigenvalue weighted by molar-refractivity contribution is 7.91. The predicted octanol–water partition coefficient (Wildman–Crippen LogP) is 2.43. The Hall–Kier alpha value is -0.990. The summed E-state index contributed by atoms with van der Waals surface area (Å²) in [5.41, 5.74) is 0.882. The number of carboxylic acids is 1. The lowest BCUT2D eigenvalue weighted by Crippen LogP contribution is -2.39. The number of sulfonamides is 1. The predicted molar refractivity (Wildman–Crippen MR) is 80.1 cm³/mol. The second kappa shape index (κ2) is 6.41. The summed E-state index contributed by atoms with van der Waals surface area (Å²) < 4.78 is 26.4. The summed E-state index contributed by atoms with van der Waals surface area (Å²) in [7, 11) is -2.25. The molecule has 0 aliphatic heterocycles. The first-order valence-corrected chi connectivity index (χ1v) is 9.34. The first-order chi connectivity index (χ1) is 9.87. The van der Waals surface area contributed by atoms with Gasteiger partial charge >= 0.3 is 5.97 Å². The molecule has 1 aromatic heterocycles. The second-order valence-electron chi connectivity index (χ2n) is 5.40. The quantitative estimate of drug-likeness (QED) is 0.894. The molecule has 1 fully saturated rings. The molecule has 0 saturated heterocycles. The van der Waals surface area contributed by atoms with E-state index in [1.54, 1.807) is 0 Å². The third kappa shape index (κ3) is 3.27. The van der Waals surface area contributed by atoms with E-state index >= 15 is 0 Å². The second-order valence-corrected chi connectivity index (χ2v) is 8.45. The Labute approximate surface area is 128 Å². The molecular weight excluding hydrogens is 312 g/mol. The molecule has 1 saturated carbocycles. The van der Waals surface area contributed by atoms with Crippen LogP contribution in [-0.2, 0) is 10.0 Å². The standard InChI is InChI=1S/C13H20N2O4S2/c1-3-9-4-6-10(7-5-9)15(2)21(18,19)13-11(12(16)17)14-8-20-13/h8-10H,3-7H2,1-2H3,(H,16,17). The number of nitrogens with zero attached hydrogens (tertiary/aromatic N) is 2. The molecular formula is C13H20N2O4S2. The average Bonchev–Trinajstić information content (AvgIpc) is 2.97. The maximum atomic E-state index is 12.6. The monoisotopic (exact) mass is 332 g/mol. The van der Waals surface area contributed by atoms with Crippen molar-refractivity contribution in [2.45, 2.75) is 49.3 Å². The van der Waals surface area contributed by atoms with Gasteiger partial charge in [-0.25, -0.2) is 18.2 Å². The van der Waals surface area contributed by atoms with Crippen LogP contribution in [0.1, 0.15) is 49.5 Å². The summed E-state index contributed by atoms with van der Waals surface area (Å²) in [4.78, 5) is 14.7. The molecule has 0 bridgehead atoms. The molecule has 1 aromatic rings. The lowest BCUT2D eigenvalue weighted by Gasteiger charge is -2.33. The first-order valence-electron chi connectivity index (χ1n) is 7.02. The van der Waals surface area contributed by atoms with Gasteiger partial charge in [0.05, 0.1) is 5.51 Å². The summed E-state index contributed by atoms with van der Waals surface area (Å²) in [5, 5.41) is 9.04. The molecule has 8 heteroatoms. The molecule has 0 radical (unpaired) electrons. The molecule has 0 aromatic carbocycles. The van der Waals surface area contributed by atoms with E-state index in [2.05, 4.69) is 11.9 Å². The van der Waals surface area contributed by atoms with Crippen molar-refractivity contribution in [3.63, 3.8) is 0 Å². The third-order valence-electron chi connectivity index (χ3n) is 4.26. The largest absolute Gasteiger partial charge is 0.476 e. The Morgan fingerprint density at radius 2 is 2.05 bits per heavy atom. The zero-order chi connectivity index (χ0) is 15.6. The third-order valence-corrected chi connectivity index (χ3v) is 7.52. The molecule has 118 valence electrons. The van der Waals surface area contributed by atoms with Gasteiger partial charge in [0, 0.05) is 13.1 Å². The summed E-state index contributed by atoms with van der Waals surface area (Å²) in [6.45, 7) is 2.15. The number of aromatic carboxylic acids is 1. The number of carbonyl (C=O) groups is 1. The molecule has 0 unspecified atom stereocenters. The van der Waals surface area contributed by atoms with Crippen LogP contribution in [0.3, 0.4) is 0 Å². The van der Waals surface area contributed by atoms with Crippen LogP contribution in [0.4, 0.5) is 0 Å². The minimum absolute atomic E-state index is 0.0541. The van der Waals surface area contributed by atoms with Gasteiger partial charge in [-0.2, -0.15) is 4.31 Å². The van der Waals surface area contributed by atoms with E-state index in [-0.39, 0.29) is 15.9 Å². The minimum Gasteiger partial charge on any atom is -0.476 e. The molecule has 0 atom stereocenters. The van der Waals surface area contributed by atoms with E-state index < -0.39 is 16.0 Å². The average molecular weight is 332 g/mol. The van der Waals surface area contributed by atoms with Gasteiger partial charge in [0.2, 0.25) is 0 Å². The molecule has 1 aliphatic carbocycles. The lowest BCUT2D eigenvalue weighted by molar-refractivity contribution is 0.0687. The highest BCUT2D eigenvalue weighted by Gasteiger charge is 2.35. The maximum absolute atomic E-state index is 12.6. The molecule has 6 nitrogen and oxygen atoms in total. The van der Waals surface area contributed by atoms with Gasteiger partial charge in [-0.15, -0.1) is 11.3 Å². The van der Waals surface area contributed by atoms with Gasteiger partial charge in [0.15, 0.2) is 9.90 Å². The fourth-order valence-corrected chi connectivity index (χ4v) is 5.53. The molecule has 0 spiro atoms. The Morgan fingerprint density at radius 1 is 1.43 bits per heavy atom. The van der Waals surface area contributed by atoms with Crippen molar-refractivity contribution in [3.05, 3.63) is 11.2 Å². The van der Waals surface area contributed by atoms with Crippen molar-refractivity contribution in [1.29, 1.82) is 0 Å². The van der Waals surface area contributed by atoms with Crippen LogP contribution in [0, 0.1) is 5.92 Å². The molecule has 1 N–H and O–H groups in total. The summed E-state index contributed by atoms with van der Waals surface area (Å²) in [6, 6.07) is -0.0541. The Kier molecular flexibility index (Phi) is 5.00. The summed E-state index contributed by atoms with van der Waals surface area (Å²) >= 11 is 0.861. The van der Waals surface area contributed by atoms with Crippen molar-refractivity contribution in [2.75, 3.05) is 7.05 Å². The fraction of sp³-hybridized carbons (Fsp3) is 0.692. The SMILES string of the molecule is CCC1CCC(N(C)S(=O)(=O)c2scnc2C(=O)O)CC1. The van der Waals surface area contributed by atoms with E-state index in [1.807, 2.05) is 0 Å². The highest BCUT2D eigenvalue weighted by atomic mass is 32.2. The summed E-state index contributed by atoms with van der Waals surface area (Å²) in [6.07, 6.45) is 4.83. The minimum atomic E-state index is -3.79. The molecule has 0 amide bonds. The molecule has 21 heavy (non-hydrogen) atoms. The van der Waals surface area contributed by atoms with Crippen LogP contribution in [-0.4, -0.2) is 41.9 Å². The van der Waals surface area contributed by atoms with Gasteiger partial charge in [0.25, 0.3) is 10.0 Å². The fourth-order valence-electron chi connectivity index (χ4n) is 2.80. The van der Waals surface area contributed by atoms with Gasteiger partial charge in [-0.05, 0) is 31.6 Å². The zero-order valence-electron chi connectivity index (χ0n) is 12.2. The van der Waals surface area contributed by atoms with Crippen LogP contribution in [0.5, 0.6) is 0 Å². The number of aromatic nitrogens is 1. The van der Waals surface area contributed by atoms with E-state index in [0.717, 1.165) is 43.4 Å². The smallest absolute Gasteiger partial charge is 0.356 e. The zero-order valence-corrected chi connectivity index (χ0v) is 13.8. The van der Waals surface area contributed by atoms with Crippen LogP contribution in [0.25, 0.3) is 0 Å². The van der Waals surface area contributed by atoms with Crippen molar-refractivity contribution < 1.29 is 18.3 Å². The molecule has 2 rings (SSSR count). The van der Waals surface area contributed by atoms with Crippen molar-refractivity contribution >= 4 is 27.3 Å². The Bertz CT molecular complexity index is 603. The summed E-state index contributed by atoms with van der Waals surface area (Å²) in [5.74, 6) is -0.631. The highest BCUT2D eigenvalue weighted by Crippen LogP contribution is 2.32. The lowest BCUT2D eigenvalue weighted by atomic mass is 9.85. The van der Waals surface area contributed by atoms with Crippen LogP contribution >= 0.6 is 11.3 Å². The van der Waals surface area contributed by atoms with Crippen LogP contribution < -0.4 is 0 Å².